The molecule has 0 aliphatic rings. The number of halogens is 1. The van der Waals surface area contributed by atoms with Crippen molar-refractivity contribution in [3.05, 3.63) is 35.2 Å². The Labute approximate surface area is 127 Å². The number of methoxy groups -OCH3 is 1. The molecule has 1 heterocycles. The molecule has 0 N–H and O–H groups in total. The van der Waals surface area contributed by atoms with Gasteiger partial charge in [-0.25, -0.2) is 0 Å². The maximum atomic E-state index is 11.3. The number of aromatic nitrogens is 2. The van der Waals surface area contributed by atoms with Gasteiger partial charge in [-0.2, -0.15) is 4.98 Å². The zero-order valence-corrected chi connectivity index (χ0v) is 12.6. The summed E-state index contributed by atoms with van der Waals surface area (Å²) < 4.78 is 9.85. The van der Waals surface area contributed by atoms with E-state index >= 15 is 0 Å². The lowest BCUT2D eigenvalue weighted by atomic mass is 10.2. The van der Waals surface area contributed by atoms with Crippen molar-refractivity contribution in [3.63, 3.8) is 0 Å². The molecule has 0 aliphatic carbocycles. The van der Waals surface area contributed by atoms with Crippen LogP contribution in [0, 0.1) is 0 Å². The fourth-order valence-electron chi connectivity index (χ4n) is 1.79. The van der Waals surface area contributed by atoms with Crippen molar-refractivity contribution in [3.8, 4) is 11.4 Å². The smallest absolute Gasteiger partial charge is 0.319 e. The number of hydrogen-bond donors (Lipinski definition) is 0. The second-order valence-electron chi connectivity index (χ2n) is 4.37. The molecule has 6 nitrogen and oxygen atoms in total. The summed E-state index contributed by atoms with van der Waals surface area (Å²) in [5.41, 5.74) is 0.713. The van der Waals surface area contributed by atoms with Gasteiger partial charge in [0.1, 0.15) is 0 Å². The molecule has 2 aromatic rings. The number of likely N-dealkylation sites (N-methyl/N-ethyl adjacent to an activating group) is 1. The molecule has 7 heteroatoms. The number of nitrogens with zero attached hydrogens (tertiary/aromatic N) is 3. The van der Waals surface area contributed by atoms with E-state index < -0.39 is 0 Å². The highest BCUT2D eigenvalue weighted by Gasteiger charge is 2.15. The molecule has 0 spiro atoms. The van der Waals surface area contributed by atoms with Crippen LogP contribution in [0.15, 0.2) is 28.8 Å². The Morgan fingerprint density at radius 1 is 1.43 bits per heavy atom. The number of esters is 1. The van der Waals surface area contributed by atoms with Gasteiger partial charge in [-0.15, -0.1) is 0 Å². The van der Waals surface area contributed by atoms with Gasteiger partial charge in [-0.3, -0.25) is 9.69 Å². The van der Waals surface area contributed by atoms with Crippen LogP contribution in [-0.2, 0) is 16.1 Å². The van der Waals surface area contributed by atoms with E-state index in [1.807, 2.05) is 30.0 Å². The number of carbonyl (C=O) groups is 1. The van der Waals surface area contributed by atoms with Crippen LogP contribution < -0.4 is 0 Å². The van der Waals surface area contributed by atoms with Crippen LogP contribution in [0.25, 0.3) is 11.4 Å². The second-order valence-corrected chi connectivity index (χ2v) is 4.78. The zero-order chi connectivity index (χ0) is 15.2. The van der Waals surface area contributed by atoms with Crippen molar-refractivity contribution in [2.45, 2.75) is 13.5 Å². The molecule has 0 bridgehead atoms. The molecule has 0 unspecified atom stereocenters. The molecule has 0 aliphatic heterocycles. The van der Waals surface area contributed by atoms with Gasteiger partial charge in [-0.05, 0) is 18.7 Å². The van der Waals surface area contributed by atoms with Crippen LogP contribution in [0.5, 0.6) is 0 Å². The van der Waals surface area contributed by atoms with E-state index in [9.17, 15) is 4.79 Å². The van der Waals surface area contributed by atoms with Gasteiger partial charge >= 0.3 is 5.97 Å². The molecule has 21 heavy (non-hydrogen) atoms. The van der Waals surface area contributed by atoms with Crippen LogP contribution in [-0.4, -0.2) is 41.2 Å². The van der Waals surface area contributed by atoms with Gasteiger partial charge in [0, 0.05) is 5.56 Å². The van der Waals surface area contributed by atoms with Gasteiger partial charge in [0.25, 0.3) is 0 Å². The number of hydrogen-bond acceptors (Lipinski definition) is 6. The largest absolute Gasteiger partial charge is 0.468 e. The molecule has 2 rings (SSSR count). The molecular formula is C14H16ClN3O3. The molecule has 0 atom stereocenters. The molecule has 0 saturated heterocycles. The maximum absolute atomic E-state index is 11.3. The third-order valence-corrected chi connectivity index (χ3v) is 3.30. The third kappa shape index (κ3) is 4.03. The van der Waals surface area contributed by atoms with Crippen molar-refractivity contribution in [2.24, 2.45) is 0 Å². The van der Waals surface area contributed by atoms with Crippen molar-refractivity contribution in [2.75, 3.05) is 20.2 Å². The summed E-state index contributed by atoms with van der Waals surface area (Å²) in [7, 11) is 1.36. The summed E-state index contributed by atoms with van der Waals surface area (Å²) in [5.74, 6) is 0.558. The van der Waals surface area contributed by atoms with Crippen LogP contribution >= 0.6 is 11.6 Å². The first-order chi connectivity index (χ1) is 10.1. The Balaban J connectivity index is 2.09. The molecule has 0 amide bonds. The van der Waals surface area contributed by atoms with Gasteiger partial charge < -0.3 is 9.26 Å². The predicted octanol–water partition coefficient (Wildman–Crippen LogP) is 2.38. The summed E-state index contributed by atoms with van der Waals surface area (Å²) in [6, 6.07) is 7.28. The topological polar surface area (TPSA) is 68.5 Å². The van der Waals surface area contributed by atoms with Gasteiger partial charge in [0.2, 0.25) is 11.7 Å². The molecule has 0 fully saturated rings. The lowest BCUT2D eigenvalue weighted by Crippen LogP contribution is -2.30. The van der Waals surface area contributed by atoms with E-state index in [2.05, 4.69) is 14.9 Å². The van der Waals surface area contributed by atoms with Crippen LogP contribution in [0.2, 0.25) is 5.02 Å². The average Bonchev–Trinajstić information content (AvgIpc) is 2.95. The number of ether oxygens (including phenoxy) is 1. The minimum Gasteiger partial charge on any atom is -0.468 e. The van der Waals surface area contributed by atoms with Crippen molar-refractivity contribution >= 4 is 17.6 Å². The average molecular weight is 310 g/mol. The van der Waals surface area contributed by atoms with E-state index in [4.69, 9.17) is 16.1 Å². The first-order valence-corrected chi connectivity index (χ1v) is 6.88. The maximum Gasteiger partial charge on any atom is 0.319 e. The predicted molar refractivity (Wildman–Crippen MR) is 77.7 cm³/mol. The van der Waals surface area contributed by atoms with Gasteiger partial charge in [-0.1, -0.05) is 35.8 Å². The van der Waals surface area contributed by atoms with Crippen molar-refractivity contribution < 1.29 is 14.1 Å². The first-order valence-electron chi connectivity index (χ1n) is 6.50. The molecule has 1 aromatic carbocycles. The molecule has 112 valence electrons. The Hall–Kier alpha value is -1.92. The molecule has 1 aromatic heterocycles. The van der Waals surface area contributed by atoms with Gasteiger partial charge in [0.15, 0.2) is 0 Å². The Morgan fingerprint density at radius 2 is 2.19 bits per heavy atom. The summed E-state index contributed by atoms with van der Waals surface area (Å²) in [5, 5.41) is 4.48. The Kier molecular flexibility index (Phi) is 5.30. The summed E-state index contributed by atoms with van der Waals surface area (Å²) in [4.78, 5) is 17.4. The Bertz CT molecular complexity index is 615. The highest BCUT2D eigenvalue weighted by molar-refractivity contribution is 6.33. The number of benzene rings is 1. The number of carbonyl (C=O) groups excluding carboxylic acids is 1. The Morgan fingerprint density at radius 3 is 2.86 bits per heavy atom. The zero-order valence-electron chi connectivity index (χ0n) is 11.9. The normalized spacial score (nSPS) is 10.9. The highest BCUT2D eigenvalue weighted by Crippen LogP contribution is 2.24. The van der Waals surface area contributed by atoms with Crippen LogP contribution in [0.1, 0.15) is 12.8 Å². The van der Waals surface area contributed by atoms with Gasteiger partial charge in [0.05, 0.1) is 25.2 Å². The summed E-state index contributed by atoms with van der Waals surface area (Å²) in [6.07, 6.45) is 0. The quantitative estimate of drug-likeness (QED) is 0.763. The van der Waals surface area contributed by atoms with E-state index in [0.717, 1.165) is 0 Å². The monoisotopic (exact) mass is 309 g/mol. The molecule has 0 saturated carbocycles. The highest BCUT2D eigenvalue weighted by atomic mass is 35.5. The first kappa shape index (κ1) is 15.5. The standard InChI is InChI=1S/C14H16ClN3O3/c1-3-18(9-13(19)20-2)8-12-16-14(17-21-12)10-6-4-5-7-11(10)15/h4-7H,3,8-9H2,1-2H3. The van der Waals surface area contributed by atoms with E-state index in [1.165, 1.54) is 7.11 Å². The van der Waals surface area contributed by atoms with E-state index in [0.29, 0.717) is 35.4 Å². The minimum atomic E-state index is -0.303. The van der Waals surface area contributed by atoms with E-state index in [-0.39, 0.29) is 12.5 Å². The second kappa shape index (κ2) is 7.19. The van der Waals surface area contributed by atoms with Crippen molar-refractivity contribution in [1.82, 2.24) is 15.0 Å². The van der Waals surface area contributed by atoms with Crippen LogP contribution in [0.3, 0.4) is 0 Å². The molecule has 0 radical (unpaired) electrons. The summed E-state index contributed by atoms with van der Waals surface area (Å²) >= 11 is 6.10. The van der Waals surface area contributed by atoms with Crippen molar-refractivity contribution in [1.29, 1.82) is 0 Å². The van der Waals surface area contributed by atoms with E-state index in [1.54, 1.807) is 6.07 Å². The van der Waals surface area contributed by atoms with Crippen LogP contribution in [0.4, 0.5) is 0 Å². The molecular weight excluding hydrogens is 294 g/mol. The minimum absolute atomic E-state index is 0.177. The fraction of sp³-hybridized carbons (Fsp3) is 0.357. The number of rotatable bonds is 6. The third-order valence-electron chi connectivity index (χ3n) is 2.97. The lowest BCUT2D eigenvalue weighted by Gasteiger charge is -2.15. The summed E-state index contributed by atoms with van der Waals surface area (Å²) in [6.45, 7) is 3.16. The lowest BCUT2D eigenvalue weighted by molar-refractivity contribution is -0.142. The SMILES string of the molecule is CCN(CC(=O)OC)Cc1nc(-c2ccccc2Cl)no1. The fourth-order valence-corrected chi connectivity index (χ4v) is 2.01.